The minimum absolute atomic E-state index is 0.103. The van der Waals surface area contributed by atoms with Gasteiger partial charge < -0.3 is 4.74 Å². The summed E-state index contributed by atoms with van der Waals surface area (Å²) in [5.41, 5.74) is 1.09. The molecule has 0 bridgehead atoms. The van der Waals surface area contributed by atoms with Crippen molar-refractivity contribution >= 4 is 15.9 Å². The highest BCUT2D eigenvalue weighted by molar-refractivity contribution is 9.11. The van der Waals surface area contributed by atoms with E-state index in [1.165, 1.54) is 0 Å². The lowest BCUT2D eigenvalue weighted by molar-refractivity contribution is 0.108. The Morgan fingerprint density at radius 3 is 2.57 bits per heavy atom. The van der Waals surface area contributed by atoms with Crippen molar-refractivity contribution in [3.8, 4) is 0 Å². The third-order valence-electron chi connectivity index (χ3n) is 1.77. The number of rotatable bonds is 5. The molecule has 0 saturated carbocycles. The highest BCUT2D eigenvalue weighted by atomic mass is 79.9. The van der Waals surface area contributed by atoms with Crippen LogP contribution in [0.4, 0.5) is 0 Å². The Morgan fingerprint density at radius 2 is 2.07 bits per heavy atom. The molecule has 0 heterocycles. The summed E-state index contributed by atoms with van der Waals surface area (Å²) in [5.74, 6) is 0. The van der Waals surface area contributed by atoms with Gasteiger partial charge in [0.2, 0.25) is 0 Å². The van der Waals surface area contributed by atoms with Gasteiger partial charge in [-0.15, -0.1) is 6.58 Å². The van der Waals surface area contributed by atoms with Crippen molar-refractivity contribution in [2.75, 3.05) is 6.61 Å². The topological polar surface area (TPSA) is 9.23 Å². The van der Waals surface area contributed by atoms with Gasteiger partial charge in [-0.3, -0.25) is 0 Å². The van der Waals surface area contributed by atoms with Gasteiger partial charge in [-0.05, 0) is 5.56 Å². The highest BCUT2D eigenvalue weighted by Gasteiger charge is 2.12. The van der Waals surface area contributed by atoms with E-state index >= 15 is 0 Å². The lowest BCUT2D eigenvalue weighted by Gasteiger charge is -2.16. The molecule has 0 aliphatic rings. The first kappa shape index (κ1) is 11.2. The lowest BCUT2D eigenvalue weighted by atomic mass is 10.1. The molecule has 1 unspecified atom stereocenters. The van der Waals surface area contributed by atoms with Gasteiger partial charge >= 0.3 is 0 Å². The summed E-state index contributed by atoms with van der Waals surface area (Å²) < 4.78 is 6.40. The summed E-state index contributed by atoms with van der Waals surface area (Å²) in [7, 11) is 0. The second-order valence-electron chi connectivity index (χ2n) is 2.86. The minimum Gasteiger partial charge on any atom is -0.364 e. The molecule has 74 valence electrons. The molecule has 0 aliphatic heterocycles. The SMILES string of the molecule is C=CCOC(C(=C)Br)c1ccccc1. The van der Waals surface area contributed by atoms with Crippen LogP contribution in [0.3, 0.4) is 0 Å². The van der Waals surface area contributed by atoms with Crippen LogP contribution in [0.15, 0.2) is 54.0 Å². The van der Waals surface area contributed by atoms with Crippen LogP contribution in [0.1, 0.15) is 11.7 Å². The van der Waals surface area contributed by atoms with Gasteiger partial charge in [-0.25, -0.2) is 0 Å². The van der Waals surface area contributed by atoms with Crippen molar-refractivity contribution in [2.24, 2.45) is 0 Å². The molecule has 0 N–H and O–H groups in total. The Balaban J connectivity index is 2.78. The minimum atomic E-state index is -0.103. The maximum absolute atomic E-state index is 5.57. The van der Waals surface area contributed by atoms with Crippen LogP contribution in [-0.4, -0.2) is 6.61 Å². The summed E-state index contributed by atoms with van der Waals surface area (Å²) in [6.45, 7) is 7.98. The molecule has 0 spiro atoms. The maximum Gasteiger partial charge on any atom is 0.114 e. The first-order valence-corrected chi connectivity index (χ1v) is 5.16. The molecule has 2 heteroatoms. The summed E-state index contributed by atoms with van der Waals surface area (Å²) >= 11 is 3.35. The third kappa shape index (κ3) is 3.13. The van der Waals surface area contributed by atoms with E-state index in [1.807, 2.05) is 30.3 Å². The molecule has 1 aromatic carbocycles. The molecule has 0 radical (unpaired) electrons. The fourth-order valence-electron chi connectivity index (χ4n) is 1.16. The number of benzene rings is 1. The molecule has 1 nitrogen and oxygen atoms in total. The van der Waals surface area contributed by atoms with Crippen LogP contribution in [0, 0.1) is 0 Å². The average Bonchev–Trinajstić information content (AvgIpc) is 2.19. The maximum atomic E-state index is 5.57. The van der Waals surface area contributed by atoms with E-state index in [0.717, 1.165) is 10.0 Å². The van der Waals surface area contributed by atoms with Crippen molar-refractivity contribution < 1.29 is 4.74 Å². The fourth-order valence-corrected chi connectivity index (χ4v) is 1.56. The summed E-state index contributed by atoms with van der Waals surface area (Å²) in [5, 5.41) is 0. The van der Waals surface area contributed by atoms with Crippen LogP contribution in [0.5, 0.6) is 0 Å². The molecular weight excluding hydrogens is 240 g/mol. The summed E-state index contributed by atoms with van der Waals surface area (Å²) in [6.07, 6.45) is 1.63. The van der Waals surface area contributed by atoms with Crippen LogP contribution in [-0.2, 0) is 4.74 Å². The molecule has 1 rings (SSSR count). The van der Waals surface area contributed by atoms with Crippen molar-refractivity contribution in [3.05, 3.63) is 59.6 Å². The Hall–Kier alpha value is -0.860. The molecule has 0 amide bonds. The van der Waals surface area contributed by atoms with Crippen molar-refractivity contribution in [2.45, 2.75) is 6.10 Å². The molecule has 1 atom stereocenters. The quantitative estimate of drug-likeness (QED) is 0.724. The van der Waals surface area contributed by atoms with E-state index in [9.17, 15) is 0 Å². The van der Waals surface area contributed by atoms with E-state index < -0.39 is 0 Å². The first-order valence-electron chi connectivity index (χ1n) is 4.37. The molecule has 0 fully saturated rings. The van der Waals surface area contributed by atoms with Crippen LogP contribution < -0.4 is 0 Å². The van der Waals surface area contributed by atoms with Crippen molar-refractivity contribution in [1.29, 1.82) is 0 Å². The van der Waals surface area contributed by atoms with Gasteiger partial charge in [0.1, 0.15) is 6.10 Å². The predicted octanol–water partition coefficient (Wildman–Crippen LogP) is 3.84. The van der Waals surface area contributed by atoms with Gasteiger partial charge in [-0.1, -0.05) is 58.9 Å². The number of hydrogen-bond donors (Lipinski definition) is 0. The van der Waals surface area contributed by atoms with E-state index in [1.54, 1.807) is 6.08 Å². The highest BCUT2D eigenvalue weighted by Crippen LogP contribution is 2.28. The Labute approximate surface area is 93.2 Å². The van der Waals surface area contributed by atoms with Crippen molar-refractivity contribution in [1.82, 2.24) is 0 Å². The zero-order valence-corrected chi connectivity index (χ0v) is 9.53. The van der Waals surface area contributed by atoms with E-state index in [4.69, 9.17) is 4.74 Å². The standard InChI is InChI=1S/C12H13BrO/c1-3-9-14-12(10(2)13)11-7-5-4-6-8-11/h3-8,12H,1-2,9H2. The largest absolute Gasteiger partial charge is 0.364 e. The van der Waals surface area contributed by atoms with Gasteiger partial charge in [0.05, 0.1) is 6.61 Å². The van der Waals surface area contributed by atoms with Crippen LogP contribution >= 0.6 is 15.9 Å². The van der Waals surface area contributed by atoms with E-state index in [0.29, 0.717) is 6.61 Å². The Kier molecular flexibility index (Phi) is 4.63. The smallest absolute Gasteiger partial charge is 0.114 e. The Morgan fingerprint density at radius 1 is 1.43 bits per heavy atom. The number of ether oxygens (including phenoxy) is 1. The summed E-state index contributed by atoms with van der Waals surface area (Å²) in [6, 6.07) is 9.97. The molecule has 0 aromatic heterocycles. The zero-order valence-electron chi connectivity index (χ0n) is 7.95. The Bertz CT molecular complexity index is 305. The second-order valence-corrected chi connectivity index (χ2v) is 3.88. The molecule has 14 heavy (non-hydrogen) atoms. The summed E-state index contributed by atoms with van der Waals surface area (Å²) in [4.78, 5) is 0. The van der Waals surface area contributed by atoms with Crippen LogP contribution in [0.25, 0.3) is 0 Å². The first-order chi connectivity index (χ1) is 6.75. The molecular formula is C12H13BrO. The third-order valence-corrected chi connectivity index (χ3v) is 2.18. The molecule has 0 aliphatic carbocycles. The van der Waals surface area contributed by atoms with E-state index in [2.05, 4.69) is 29.1 Å². The van der Waals surface area contributed by atoms with Gasteiger partial charge in [0.25, 0.3) is 0 Å². The van der Waals surface area contributed by atoms with Gasteiger partial charge in [0, 0.05) is 4.48 Å². The van der Waals surface area contributed by atoms with Crippen LogP contribution in [0.2, 0.25) is 0 Å². The van der Waals surface area contributed by atoms with E-state index in [-0.39, 0.29) is 6.10 Å². The molecule has 0 saturated heterocycles. The second kappa shape index (κ2) is 5.78. The monoisotopic (exact) mass is 252 g/mol. The zero-order chi connectivity index (χ0) is 10.4. The fraction of sp³-hybridized carbons (Fsp3) is 0.167. The van der Waals surface area contributed by atoms with Gasteiger partial charge in [-0.2, -0.15) is 0 Å². The van der Waals surface area contributed by atoms with Gasteiger partial charge in [0.15, 0.2) is 0 Å². The predicted molar refractivity (Wildman–Crippen MR) is 63.4 cm³/mol. The van der Waals surface area contributed by atoms with Crippen molar-refractivity contribution in [3.63, 3.8) is 0 Å². The lowest BCUT2D eigenvalue weighted by Crippen LogP contribution is -2.03. The number of hydrogen-bond acceptors (Lipinski definition) is 1. The number of halogens is 1. The molecule has 1 aromatic rings. The average molecular weight is 253 g/mol. The normalized spacial score (nSPS) is 12.1.